The summed E-state index contributed by atoms with van der Waals surface area (Å²) in [4.78, 5) is 23.1. The van der Waals surface area contributed by atoms with E-state index in [-0.39, 0.29) is 11.8 Å². The third-order valence-electron chi connectivity index (χ3n) is 3.53. The number of carbonyl (C=O) groups is 2. The highest BCUT2D eigenvalue weighted by Crippen LogP contribution is 2.13. The van der Waals surface area contributed by atoms with Gasteiger partial charge in [-0.3, -0.25) is 9.59 Å². The molecule has 1 aromatic rings. The SMILES string of the molecule is CCOC(=O)CCCCCC(=O)Cc1ccc(C)cc1C. The molecule has 0 atom stereocenters. The van der Waals surface area contributed by atoms with E-state index in [2.05, 4.69) is 26.0 Å². The zero-order valence-corrected chi connectivity index (χ0v) is 13.4. The fourth-order valence-electron chi connectivity index (χ4n) is 2.35. The molecule has 21 heavy (non-hydrogen) atoms. The van der Waals surface area contributed by atoms with Crippen LogP contribution in [0, 0.1) is 13.8 Å². The smallest absolute Gasteiger partial charge is 0.305 e. The van der Waals surface area contributed by atoms with Gasteiger partial charge in [-0.1, -0.05) is 30.2 Å². The molecule has 1 rings (SSSR count). The predicted molar refractivity (Wildman–Crippen MR) is 84.3 cm³/mol. The predicted octanol–water partition coefficient (Wildman–Crippen LogP) is 3.93. The van der Waals surface area contributed by atoms with E-state index in [0.717, 1.165) is 24.8 Å². The lowest BCUT2D eigenvalue weighted by Gasteiger charge is -2.06. The van der Waals surface area contributed by atoms with Gasteiger partial charge < -0.3 is 4.74 Å². The molecule has 0 bridgehead atoms. The molecule has 0 amide bonds. The number of rotatable bonds is 9. The number of aryl methyl sites for hydroxylation is 2. The number of hydrogen-bond acceptors (Lipinski definition) is 3. The van der Waals surface area contributed by atoms with E-state index in [9.17, 15) is 9.59 Å². The van der Waals surface area contributed by atoms with Crippen molar-refractivity contribution in [1.82, 2.24) is 0 Å². The molecule has 0 fully saturated rings. The molecule has 0 unspecified atom stereocenters. The van der Waals surface area contributed by atoms with E-state index in [1.54, 1.807) is 0 Å². The molecule has 3 heteroatoms. The van der Waals surface area contributed by atoms with Gasteiger partial charge >= 0.3 is 5.97 Å². The zero-order valence-electron chi connectivity index (χ0n) is 13.4. The summed E-state index contributed by atoms with van der Waals surface area (Å²) in [6.07, 6.45) is 4.12. The summed E-state index contributed by atoms with van der Waals surface area (Å²) >= 11 is 0. The van der Waals surface area contributed by atoms with E-state index >= 15 is 0 Å². The van der Waals surface area contributed by atoms with Gasteiger partial charge in [0, 0.05) is 19.3 Å². The van der Waals surface area contributed by atoms with E-state index in [1.165, 1.54) is 11.1 Å². The minimum atomic E-state index is -0.140. The summed E-state index contributed by atoms with van der Waals surface area (Å²) < 4.78 is 4.87. The van der Waals surface area contributed by atoms with Gasteiger partial charge in [0.05, 0.1) is 6.61 Å². The van der Waals surface area contributed by atoms with Crippen LogP contribution in [0.4, 0.5) is 0 Å². The van der Waals surface area contributed by atoms with Crippen LogP contribution in [-0.4, -0.2) is 18.4 Å². The molecule has 0 aliphatic rings. The van der Waals surface area contributed by atoms with Crippen LogP contribution in [0.15, 0.2) is 18.2 Å². The first-order valence-electron chi connectivity index (χ1n) is 7.76. The Bertz CT molecular complexity index is 477. The lowest BCUT2D eigenvalue weighted by Crippen LogP contribution is -2.05. The molecular formula is C18H26O3. The van der Waals surface area contributed by atoms with Gasteiger partial charge in [0.25, 0.3) is 0 Å². The van der Waals surface area contributed by atoms with E-state index in [1.807, 2.05) is 13.0 Å². The Morgan fingerprint density at radius 2 is 1.76 bits per heavy atom. The van der Waals surface area contributed by atoms with Crippen LogP contribution in [0.5, 0.6) is 0 Å². The minimum absolute atomic E-state index is 0.140. The van der Waals surface area contributed by atoms with Crippen LogP contribution in [0.1, 0.15) is 55.7 Å². The first kappa shape index (κ1) is 17.4. The molecule has 0 saturated heterocycles. The van der Waals surface area contributed by atoms with Crippen LogP contribution in [0.25, 0.3) is 0 Å². The Kier molecular flexibility index (Phi) is 7.73. The van der Waals surface area contributed by atoms with Crippen molar-refractivity contribution in [3.05, 3.63) is 34.9 Å². The Hall–Kier alpha value is -1.64. The van der Waals surface area contributed by atoms with Gasteiger partial charge in [0.2, 0.25) is 0 Å². The van der Waals surface area contributed by atoms with E-state index in [4.69, 9.17) is 4.74 Å². The topological polar surface area (TPSA) is 43.4 Å². The quantitative estimate of drug-likeness (QED) is 0.511. The average Bonchev–Trinajstić information content (AvgIpc) is 2.42. The van der Waals surface area contributed by atoms with Crippen LogP contribution < -0.4 is 0 Å². The highest BCUT2D eigenvalue weighted by atomic mass is 16.5. The van der Waals surface area contributed by atoms with Crippen molar-refractivity contribution in [1.29, 1.82) is 0 Å². The first-order chi connectivity index (χ1) is 10.0. The number of benzene rings is 1. The number of ketones is 1. The van der Waals surface area contributed by atoms with Gasteiger partial charge in [-0.05, 0) is 44.7 Å². The molecule has 116 valence electrons. The summed E-state index contributed by atoms with van der Waals surface area (Å²) in [7, 11) is 0. The second-order valence-corrected chi connectivity index (χ2v) is 5.51. The van der Waals surface area contributed by atoms with Crippen molar-refractivity contribution < 1.29 is 14.3 Å². The van der Waals surface area contributed by atoms with Crippen molar-refractivity contribution in [2.45, 2.75) is 59.3 Å². The second kappa shape index (κ2) is 9.32. The maximum absolute atomic E-state index is 12.0. The summed E-state index contributed by atoms with van der Waals surface area (Å²) in [6, 6.07) is 6.21. The number of unbranched alkanes of at least 4 members (excludes halogenated alkanes) is 2. The number of carbonyl (C=O) groups excluding carboxylic acids is 2. The molecule has 0 aliphatic carbocycles. The molecule has 0 aliphatic heterocycles. The van der Waals surface area contributed by atoms with Crippen molar-refractivity contribution in [2.24, 2.45) is 0 Å². The van der Waals surface area contributed by atoms with Gasteiger partial charge in [-0.2, -0.15) is 0 Å². The first-order valence-corrected chi connectivity index (χ1v) is 7.76. The molecule has 0 saturated carbocycles. The summed E-state index contributed by atoms with van der Waals surface area (Å²) in [5.74, 6) is 0.136. The van der Waals surface area contributed by atoms with Crippen molar-refractivity contribution in [3.63, 3.8) is 0 Å². The third kappa shape index (κ3) is 7.07. The van der Waals surface area contributed by atoms with Gasteiger partial charge in [-0.25, -0.2) is 0 Å². The summed E-state index contributed by atoms with van der Waals surface area (Å²) in [5.41, 5.74) is 3.53. The number of esters is 1. The average molecular weight is 290 g/mol. The standard InChI is InChI=1S/C18H26O3/c1-4-21-18(20)9-7-5-6-8-17(19)13-16-11-10-14(2)12-15(16)3/h10-12H,4-9,13H2,1-3H3. The van der Waals surface area contributed by atoms with E-state index < -0.39 is 0 Å². The number of hydrogen-bond donors (Lipinski definition) is 0. The fraction of sp³-hybridized carbons (Fsp3) is 0.556. The van der Waals surface area contributed by atoms with Crippen LogP contribution in [-0.2, 0) is 20.7 Å². The highest BCUT2D eigenvalue weighted by molar-refractivity contribution is 5.81. The van der Waals surface area contributed by atoms with Gasteiger partial charge in [0.15, 0.2) is 0 Å². The Labute approximate surface area is 127 Å². The Morgan fingerprint density at radius 1 is 1.05 bits per heavy atom. The third-order valence-corrected chi connectivity index (χ3v) is 3.53. The van der Waals surface area contributed by atoms with Crippen molar-refractivity contribution >= 4 is 11.8 Å². The molecule has 0 radical (unpaired) electrons. The van der Waals surface area contributed by atoms with Gasteiger partial charge in [0.1, 0.15) is 5.78 Å². The molecule has 0 aromatic heterocycles. The molecule has 1 aromatic carbocycles. The van der Waals surface area contributed by atoms with Crippen LogP contribution in [0.2, 0.25) is 0 Å². The second-order valence-electron chi connectivity index (χ2n) is 5.51. The lowest BCUT2D eigenvalue weighted by molar-refractivity contribution is -0.143. The fourth-order valence-corrected chi connectivity index (χ4v) is 2.35. The highest BCUT2D eigenvalue weighted by Gasteiger charge is 2.07. The van der Waals surface area contributed by atoms with Gasteiger partial charge in [-0.15, -0.1) is 0 Å². The van der Waals surface area contributed by atoms with Crippen LogP contribution >= 0.6 is 0 Å². The van der Waals surface area contributed by atoms with Crippen LogP contribution in [0.3, 0.4) is 0 Å². The molecule has 0 N–H and O–H groups in total. The molecular weight excluding hydrogens is 264 g/mol. The monoisotopic (exact) mass is 290 g/mol. The molecule has 3 nitrogen and oxygen atoms in total. The Morgan fingerprint density at radius 3 is 2.43 bits per heavy atom. The molecule has 0 spiro atoms. The minimum Gasteiger partial charge on any atom is -0.466 e. The number of Topliss-reactive ketones (excluding diaryl/α,β-unsaturated/α-hetero) is 1. The van der Waals surface area contributed by atoms with Crippen molar-refractivity contribution in [2.75, 3.05) is 6.61 Å². The number of ether oxygens (including phenoxy) is 1. The maximum Gasteiger partial charge on any atom is 0.305 e. The summed E-state index contributed by atoms with van der Waals surface area (Å²) in [6.45, 7) is 6.36. The maximum atomic E-state index is 12.0. The summed E-state index contributed by atoms with van der Waals surface area (Å²) in [5, 5.41) is 0. The lowest BCUT2D eigenvalue weighted by atomic mass is 9.99. The normalized spacial score (nSPS) is 10.4. The largest absolute Gasteiger partial charge is 0.466 e. The molecule has 0 heterocycles. The van der Waals surface area contributed by atoms with Crippen molar-refractivity contribution in [3.8, 4) is 0 Å². The zero-order chi connectivity index (χ0) is 15.7. The van der Waals surface area contributed by atoms with E-state index in [0.29, 0.717) is 25.9 Å². The Balaban J connectivity index is 2.21.